The first kappa shape index (κ1) is 27.6. The second-order valence-electron chi connectivity index (χ2n) is 11.3. The van der Waals surface area contributed by atoms with Crippen LogP contribution in [0.4, 0.5) is 4.79 Å². The first-order chi connectivity index (χ1) is 17.8. The van der Waals surface area contributed by atoms with Crippen molar-refractivity contribution in [3.05, 3.63) is 54.1 Å². The van der Waals surface area contributed by atoms with Gasteiger partial charge in [0, 0.05) is 12.5 Å². The maximum absolute atomic E-state index is 13.4. The fourth-order valence-corrected chi connectivity index (χ4v) is 5.96. The molecule has 0 aromatic heterocycles. The molecule has 1 saturated carbocycles. The van der Waals surface area contributed by atoms with E-state index in [1.54, 1.807) is 29.2 Å². The molecule has 202 valence electrons. The predicted molar refractivity (Wildman–Crippen MR) is 143 cm³/mol. The monoisotopic (exact) mass is 538 g/mol. The minimum Gasteiger partial charge on any atom is -0.444 e. The topological polar surface area (TPSA) is 114 Å². The summed E-state index contributed by atoms with van der Waals surface area (Å²) in [5.41, 5.74) is 2.11. The van der Waals surface area contributed by atoms with Gasteiger partial charge < -0.3 is 8.92 Å². The number of benzene rings is 2. The van der Waals surface area contributed by atoms with Crippen molar-refractivity contribution in [3.8, 4) is 22.9 Å². The van der Waals surface area contributed by atoms with E-state index < -0.39 is 33.8 Å². The summed E-state index contributed by atoms with van der Waals surface area (Å²) in [5, 5.41) is 9.82. The van der Waals surface area contributed by atoms with Gasteiger partial charge in [-0.05, 0) is 81.2 Å². The molecule has 1 aliphatic carbocycles. The molecule has 0 unspecified atom stereocenters. The summed E-state index contributed by atoms with van der Waals surface area (Å²) in [6.45, 7) is 5.45. The molecule has 0 radical (unpaired) electrons. The number of hydrogen-bond donors (Lipinski definition) is 0. The Balaban J connectivity index is 1.39. The van der Waals surface area contributed by atoms with Crippen LogP contribution in [-0.2, 0) is 26.1 Å². The molecule has 1 heterocycles. The largest absolute Gasteiger partial charge is 0.444 e. The normalized spacial score (nSPS) is 21.6. The highest BCUT2D eigenvalue weighted by molar-refractivity contribution is 7.86. The van der Waals surface area contributed by atoms with Gasteiger partial charge in [-0.25, -0.2) is 4.79 Å². The van der Waals surface area contributed by atoms with Crippen LogP contribution in [0.3, 0.4) is 0 Å². The number of fused-ring (bicyclic) bond motifs is 2. The standard InChI is InChI=1S/C29H34N2O6S/c1-29(2,3)36-28(33)31-24-12-9-23(17-24)27(31)26(32)16-20(18-30)15-19-5-7-21(8-6-19)22-10-13-25(14-11-22)37-38(4,34)35/h5-8,10-11,13-14,20,23-24,27H,9,12,15-17H2,1-4H3/t20-,23+,24-,27+/m1/s1. The van der Waals surface area contributed by atoms with Crippen LogP contribution in [0, 0.1) is 23.2 Å². The van der Waals surface area contributed by atoms with Crippen LogP contribution in [0.25, 0.3) is 11.1 Å². The predicted octanol–water partition coefficient (Wildman–Crippen LogP) is 5.12. The van der Waals surface area contributed by atoms with Crippen molar-refractivity contribution < 1.29 is 26.9 Å². The van der Waals surface area contributed by atoms with Crippen LogP contribution >= 0.6 is 0 Å². The molecule has 38 heavy (non-hydrogen) atoms. The third-order valence-corrected chi connectivity index (χ3v) is 7.52. The lowest BCUT2D eigenvalue weighted by Gasteiger charge is -2.35. The Labute approximate surface area is 224 Å². The number of ether oxygens (including phenoxy) is 1. The number of carbonyl (C=O) groups is 2. The molecule has 4 atom stereocenters. The molecule has 0 spiro atoms. The maximum atomic E-state index is 13.4. The van der Waals surface area contributed by atoms with Gasteiger partial charge in [0.05, 0.1) is 24.3 Å². The van der Waals surface area contributed by atoms with Crippen molar-refractivity contribution in [2.45, 2.75) is 70.6 Å². The van der Waals surface area contributed by atoms with E-state index in [2.05, 4.69) is 6.07 Å². The first-order valence-electron chi connectivity index (χ1n) is 12.9. The third-order valence-electron chi connectivity index (χ3n) is 7.02. The highest BCUT2D eigenvalue weighted by Crippen LogP contribution is 2.44. The van der Waals surface area contributed by atoms with E-state index in [9.17, 15) is 23.3 Å². The molecular formula is C29H34N2O6S. The Kier molecular flexibility index (Phi) is 7.84. The molecule has 1 aliphatic heterocycles. The highest BCUT2D eigenvalue weighted by atomic mass is 32.2. The molecule has 2 aromatic carbocycles. The molecule has 8 nitrogen and oxygen atoms in total. The van der Waals surface area contributed by atoms with Crippen LogP contribution in [0.15, 0.2) is 48.5 Å². The molecule has 4 rings (SSSR count). The first-order valence-corrected chi connectivity index (χ1v) is 14.7. The Hall–Kier alpha value is -3.38. The summed E-state index contributed by atoms with van der Waals surface area (Å²) in [6.07, 6.45) is 3.69. The van der Waals surface area contributed by atoms with Crippen molar-refractivity contribution in [3.63, 3.8) is 0 Å². The Morgan fingerprint density at radius 2 is 1.66 bits per heavy atom. The minimum atomic E-state index is -3.58. The van der Waals surface area contributed by atoms with Crippen molar-refractivity contribution in [1.82, 2.24) is 4.90 Å². The van der Waals surface area contributed by atoms with Gasteiger partial charge in [-0.15, -0.1) is 0 Å². The van der Waals surface area contributed by atoms with Gasteiger partial charge in [0.2, 0.25) is 0 Å². The molecule has 9 heteroatoms. The van der Waals surface area contributed by atoms with Crippen LogP contribution < -0.4 is 4.18 Å². The van der Waals surface area contributed by atoms with Crippen molar-refractivity contribution in [2.24, 2.45) is 11.8 Å². The summed E-state index contributed by atoms with van der Waals surface area (Å²) in [5.74, 6) is -0.189. The fourth-order valence-electron chi connectivity index (χ4n) is 5.50. The summed E-state index contributed by atoms with van der Waals surface area (Å²) >= 11 is 0. The zero-order valence-corrected chi connectivity index (χ0v) is 23.0. The zero-order valence-electron chi connectivity index (χ0n) is 22.2. The van der Waals surface area contributed by atoms with E-state index in [4.69, 9.17) is 8.92 Å². The van der Waals surface area contributed by atoms with Gasteiger partial charge >= 0.3 is 16.2 Å². The molecule has 2 bridgehead atoms. The zero-order chi connectivity index (χ0) is 27.7. The quantitative estimate of drug-likeness (QED) is 0.429. The third kappa shape index (κ3) is 6.73. The van der Waals surface area contributed by atoms with E-state index in [0.29, 0.717) is 6.42 Å². The fraction of sp³-hybridized carbons (Fsp3) is 0.483. The van der Waals surface area contributed by atoms with Crippen LogP contribution in [-0.4, -0.2) is 49.1 Å². The van der Waals surface area contributed by atoms with E-state index in [1.807, 2.05) is 45.0 Å². The van der Waals surface area contributed by atoms with Crippen LogP contribution in [0.2, 0.25) is 0 Å². The van der Waals surface area contributed by atoms with Crippen molar-refractivity contribution in [2.75, 3.05) is 6.26 Å². The lowest BCUT2D eigenvalue weighted by molar-refractivity contribution is -0.126. The Morgan fingerprint density at radius 1 is 1.05 bits per heavy atom. The van der Waals surface area contributed by atoms with Gasteiger partial charge in [-0.2, -0.15) is 13.7 Å². The number of amides is 1. The number of carbonyl (C=O) groups excluding carboxylic acids is 2. The highest BCUT2D eigenvalue weighted by Gasteiger charge is 2.52. The average molecular weight is 539 g/mol. The summed E-state index contributed by atoms with van der Waals surface area (Å²) in [6, 6.07) is 16.2. The summed E-state index contributed by atoms with van der Waals surface area (Å²) in [4.78, 5) is 27.9. The number of piperidine rings is 1. The molecule has 1 amide bonds. The number of nitrogens with zero attached hydrogens (tertiary/aromatic N) is 2. The van der Waals surface area contributed by atoms with Gasteiger partial charge in [0.15, 0.2) is 5.78 Å². The second-order valence-corrected chi connectivity index (χ2v) is 12.8. The second kappa shape index (κ2) is 10.8. The van der Waals surface area contributed by atoms with Gasteiger partial charge in [0.25, 0.3) is 0 Å². The number of nitriles is 1. The van der Waals surface area contributed by atoms with Gasteiger partial charge in [-0.1, -0.05) is 36.4 Å². The SMILES string of the molecule is CC(C)(C)OC(=O)N1[C@@H]2CC[C@@H](C2)[C@H]1C(=O)C[C@H](C#N)Cc1ccc(-c2ccc(OS(C)(=O)=O)cc2)cc1. The number of hydrogen-bond acceptors (Lipinski definition) is 7. The Morgan fingerprint density at radius 3 is 2.21 bits per heavy atom. The van der Waals surface area contributed by atoms with Crippen molar-refractivity contribution in [1.29, 1.82) is 5.26 Å². The number of likely N-dealkylation sites (tertiary alicyclic amines) is 1. The van der Waals surface area contributed by atoms with E-state index >= 15 is 0 Å². The molecule has 2 aliphatic rings. The number of Topliss-reactive ketones (excluding diaryl/α,β-unsaturated/α-hetero) is 1. The average Bonchev–Trinajstić information content (AvgIpc) is 3.44. The summed E-state index contributed by atoms with van der Waals surface area (Å²) in [7, 11) is -3.58. The Bertz CT molecular complexity index is 1320. The molecular weight excluding hydrogens is 504 g/mol. The smallest absolute Gasteiger partial charge is 0.411 e. The summed E-state index contributed by atoms with van der Waals surface area (Å²) < 4.78 is 33.0. The molecule has 0 N–H and O–H groups in total. The van der Waals surface area contributed by atoms with E-state index in [1.165, 1.54) is 0 Å². The number of ketones is 1. The number of rotatable bonds is 8. The van der Waals surface area contributed by atoms with Gasteiger partial charge in [-0.3, -0.25) is 9.69 Å². The van der Waals surface area contributed by atoms with E-state index in [0.717, 1.165) is 42.2 Å². The van der Waals surface area contributed by atoms with Crippen LogP contribution in [0.5, 0.6) is 5.75 Å². The molecule has 1 saturated heterocycles. The van der Waals surface area contributed by atoms with Crippen LogP contribution in [0.1, 0.15) is 52.0 Å². The molecule has 2 aromatic rings. The van der Waals surface area contributed by atoms with E-state index in [-0.39, 0.29) is 29.9 Å². The van der Waals surface area contributed by atoms with Crippen molar-refractivity contribution >= 4 is 22.0 Å². The minimum absolute atomic E-state index is 0.0314. The van der Waals surface area contributed by atoms with Gasteiger partial charge in [0.1, 0.15) is 11.4 Å². The lowest BCUT2D eigenvalue weighted by Crippen LogP contribution is -2.51. The lowest BCUT2D eigenvalue weighted by atomic mass is 9.88. The maximum Gasteiger partial charge on any atom is 0.411 e. The molecule has 2 fully saturated rings.